The lowest BCUT2D eigenvalue weighted by molar-refractivity contribution is -0.131. The molecule has 2 rings (SSSR count). The van der Waals surface area contributed by atoms with Crippen LogP contribution in [0.15, 0.2) is 24.5 Å². The first-order valence-corrected chi connectivity index (χ1v) is 9.96. The highest BCUT2D eigenvalue weighted by Gasteiger charge is 2.30. The van der Waals surface area contributed by atoms with Gasteiger partial charge in [-0.05, 0) is 18.1 Å². The number of hydrogen-bond acceptors (Lipinski definition) is 5. The van der Waals surface area contributed by atoms with Crippen molar-refractivity contribution < 1.29 is 13.2 Å². The Morgan fingerprint density at radius 3 is 2.88 bits per heavy atom. The molecule has 1 saturated heterocycles. The van der Waals surface area contributed by atoms with E-state index in [-0.39, 0.29) is 30.1 Å². The fourth-order valence-electron chi connectivity index (χ4n) is 2.79. The summed E-state index contributed by atoms with van der Waals surface area (Å²) in [5.74, 6) is -0.610. The number of hydrogen-bond donors (Lipinski definition) is 1. The van der Waals surface area contributed by atoms with Crippen molar-refractivity contribution in [2.75, 3.05) is 31.1 Å². The molecule has 2 heterocycles. The Balaban J connectivity index is 0.00000288. The van der Waals surface area contributed by atoms with E-state index in [1.807, 2.05) is 19.1 Å². The molecule has 0 radical (unpaired) electrons. The monoisotopic (exact) mass is 375 g/mol. The molecule has 1 aliphatic heterocycles. The van der Waals surface area contributed by atoms with E-state index in [4.69, 9.17) is 0 Å². The summed E-state index contributed by atoms with van der Waals surface area (Å²) in [6, 6.07) is 3.59. The second-order valence-electron chi connectivity index (χ2n) is 5.89. The summed E-state index contributed by atoms with van der Waals surface area (Å²) in [6.07, 6.45) is 5.88. The maximum Gasteiger partial charge on any atom is 0.238 e. The molecule has 1 aromatic heterocycles. The molecule has 0 bridgehead atoms. The molecule has 6 nitrogen and oxygen atoms in total. The van der Waals surface area contributed by atoms with Gasteiger partial charge in [-0.25, -0.2) is 8.42 Å². The highest BCUT2D eigenvalue weighted by molar-refractivity contribution is 7.92. The summed E-state index contributed by atoms with van der Waals surface area (Å²) in [5.41, 5.74) is 0.927. The minimum absolute atomic E-state index is 0. The van der Waals surface area contributed by atoms with Gasteiger partial charge in [-0.1, -0.05) is 25.8 Å². The van der Waals surface area contributed by atoms with Crippen LogP contribution in [0.5, 0.6) is 0 Å². The second kappa shape index (κ2) is 9.96. The van der Waals surface area contributed by atoms with Gasteiger partial charge in [0, 0.05) is 32.0 Å². The lowest BCUT2D eigenvalue weighted by Crippen LogP contribution is -2.50. The largest absolute Gasteiger partial charge is 0.332 e. The predicted octanol–water partition coefficient (Wildman–Crippen LogP) is 1.58. The molecule has 0 saturated carbocycles. The maximum absolute atomic E-state index is 12.5. The third-order valence-corrected chi connectivity index (χ3v) is 5.63. The highest BCUT2D eigenvalue weighted by Crippen LogP contribution is 2.21. The lowest BCUT2D eigenvalue weighted by Gasteiger charge is -2.36. The highest BCUT2D eigenvalue weighted by atomic mass is 35.5. The van der Waals surface area contributed by atoms with Gasteiger partial charge in [0.1, 0.15) is 5.75 Å². The number of halogens is 1. The third-order valence-electron chi connectivity index (χ3n) is 4.04. The molecule has 136 valence electrons. The van der Waals surface area contributed by atoms with E-state index in [0.717, 1.165) is 18.4 Å². The Labute approximate surface area is 150 Å². The molecule has 0 aliphatic carbocycles. The Morgan fingerprint density at radius 1 is 1.42 bits per heavy atom. The maximum atomic E-state index is 12.5. The van der Waals surface area contributed by atoms with Crippen LogP contribution >= 0.6 is 12.4 Å². The van der Waals surface area contributed by atoms with Crippen molar-refractivity contribution in [2.45, 2.75) is 32.2 Å². The van der Waals surface area contributed by atoms with Crippen molar-refractivity contribution in [3.63, 3.8) is 0 Å². The molecule has 1 amide bonds. The lowest BCUT2D eigenvalue weighted by atomic mass is 10.1. The molecule has 0 aromatic carbocycles. The van der Waals surface area contributed by atoms with Crippen LogP contribution in [0.25, 0.3) is 0 Å². The number of nitrogens with zero attached hydrogens (tertiary/aromatic N) is 2. The van der Waals surface area contributed by atoms with Crippen LogP contribution in [0, 0.1) is 0 Å². The zero-order valence-corrected chi connectivity index (χ0v) is 15.6. The number of aromatic nitrogens is 1. The quantitative estimate of drug-likeness (QED) is 0.732. The Hall–Kier alpha value is -1.18. The van der Waals surface area contributed by atoms with Gasteiger partial charge >= 0.3 is 0 Å². The molecule has 1 unspecified atom stereocenters. The van der Waals surface area contributed by atoms with Crippen LogP contribution in [0.1, 0.15) is 37.8 Å². The number of pyridine rings is 1. The molecule has 1 N–H and O–H groups in total. The van der Waals surface area contributed by atoms with Crippen LogP contribution < -0.4 is 5.32 Å². The van der Waals surface area contributed by atoms with Crippen molar-refractivity contribution >= 4 is 28.2 Å². The molecule has 1 aliphatic rings. The molecule has 8 heteroatoms. The summed E-state index contributed by atoms with van der Waals surface area (Å²) < 4.78 is 24.3. The average molecular weight is 376 g/mol. The molecule has 24 heavy (non-hydrogen) atoms. The number of sulfone groups is 1. The van der Waals surface area contributed by atoms with Gasteiger partial charge in [0.05, 0.1) is 11.8 Å². The van der Waals surface area contributed by atoms with Gasteiger partial charge in [0.25, 0.3) is 0 Å². The van der Waals surface area contributed by atoms with Gasteiger partial charge in [0.2, 0.25) is 5.91 Å². The third kappa shape index (κ3) is 6.03. The van der Waals surface area contributed by atoms with Gasteiger partial charge in [-0.3, -0.25) is 9.78 Å². The van der Waals surface area contributed by atoms with Crippen molar-refractivity contribution in [1.29, 1.82) is 0 Å². The number of amides is 1. The Kier molecular flexibility index (Phi) is 8.66. The van der Waals surface area contributed by atoms with E-state index in [2.05, 4.69) is 10.3 Å². The van der Waals surface area contributed by atoms with E-state index in [1.54, 1.807) is 17.3 Å². The van der Waals surface area contributed by atoms with E-state index in [1.165, 1.54) is 0 Å². The summed E-state index contributed by atoms with van der Waals surface area (Å²) in [7, 11) is -3.34. The minimum atomic E-state index is -3.34. The van der Waals surface area contributed by atoms with Gasteiger partial charge in [0.15, 0.2) is 9.84 Å². The number of carbonyl (C=O) groups is 1. The molecule has 1 aromatic rings. The van der Waals surface area contributed by atoms with E-state index in [9.17, 15) is 13.2 Å². The number of piperazine rings is 1. The fourth-order valence-corrected chi connectivity index (χ4v) is 4.12. The number of carbonyl (C=O) groups excluding carboxylic acids is 1. The van der Waals surface area contributed by atoms with Crippen LogP contribution in [0.3, 0.4) is 0 Å². The average Bonchev–Trinajstić information content (AvgIpc) is 2.55. The molecular weight excluding hydrogens is 350 g/mol. The van der Waals surface area contributed by atoms with E-state index in [0.29, 0.717) is 26.1 Å². The van der Waals surface area contributed by atoms with Crippen LogP contribution in [0.4, 0.5) is 0 Å². The topological polar surface area (TPSA) is 79.4 Å². The van der Waals surface area contributed by atoms with Crippen molar-refractivity contribution in [3.05, 3.63) is 30.1 Å². The fraction of sp³-hybridized carbons (Fsp3) is 0.625. The molecule has 1 fully saturated rings. The van der Waals surface area contributed by atoms with E-state index >= 15 is 0 Å². The number of rotatable bonds is 7. The second-order valence-corrected chi connectivity index (χ2v) is 8.08. The standard InChI is InChI=1S/C16H25N3O3S.ClH/c1-2-3-4-10-23(21,22)13-16(20)19-9-8-18-12-15(19)14-6-5-7-17-11-14;/h5-7,11,15,18H,2-4,8-10,12-13H2,1H3;1H. The zero-order valence-electron chi connectivity index (χ0n) is 14.0. The molecule has 1 atom stereocenters. The Morgan fingerprint density at radius 2 is 2.21 bits per heavy atom. The normalized spacial score (nSPS) is 18.0. The number of nitrogens with one attached hydrogen (secondary N) is 1. The summed E-state index contributed by atoms with van der Waals surface area (Å²) >= 11 is 0. The molecular formula is C16H26ClN3O3S. The first-order valence-electron chi connectivity index (χ1n) is 8.14. The Bertz CT molecular complexity index is 610. The summed E-state index contributed by atoms with van der Waals surface area (Å²) in [4.78, 5) is 18.3. The zero-order chi connectivity index (χ0) is 16.7. The van der Waals surface area contributed by atoms with Crippen LogP contribution in [-0.4, -0.2) is 55.3 Å². The first kappa shape index (κ1) is 20.9. The van der Waals surface area contributed by atoms with Gasteiger partial charge in [-0.15, -0.1) is 12.4 Å². The van der Waals surface area contributed by atoms with Crippen molar-refractivity contribution in [2.24, 2.45) is 0 Å². The SMILES string of the molecule is CCCCCS(=O)(=O)CC(=O)N1CCNCC1c1cccnc1.Cl. The van der Waals surface area contributed by atoms with Crippen molar-refractivity contribution in [1.82, 2.24) is 15.2 Å². The summed E-state index contributed by atoms with van der Waals surface area (Å²) in [5, 5.41) is 3.25. The van der Waals surface area contributed by atoms with Crippen LogP contribution in [0.2, 0.25) is 0 Å². The summed E-state index contributed by atoms with van der Waals surface area (Å²) in [6.45, 7) is 3.84. The predicted molar refractivity (Wildman–Crippen MR) is 97.0 cm³/mol. The smallest absolute Gasteiger partial charge is 0.238 e. The van der Waals surface area contributed by atoms with Crippen LogP contribution in [-0.2, 0) is 14.6 Å². The first-order chi connectivity index (χ1) is 11.0. The van der Waals surface area contributed by atoms with Gasteiger partial charge < -0.3 is 10.2 Å². The van der Waals surface area contributed by atoms with E-state index < -0.39 is 15.6 Å². The minimum Gasteiger partial charge on any atom is -0.332 e. The molecule has 0 spiro atoms. The van der Waals surface area contributed by atoms with Gasteiger partial charge in [-0.2, -0.15) is 0 Å². The van der Waals surface area contributed by atoms with Crippen molar-refractivity contribution in [3.8, 4) is 0 Å². The number of unbranched alkanes of at least 4 members (excludes halogenated alkanes) is 2.